The van der Waals surface area contributed by atoms with Crippen LogP contribution >= 0.6 is 0 Å². The number of aryl methyl sites for hydroxylation is 1. The number of aromatic amines is 1. The Kier molecular flexibility index (Phi) is 2.47. The van der Waals surface area contributed by atoms with Crippen molar-refractivity contribution in [2.45, 2.75) is 32.7 Å². The Morgan fingerprint density at radius 1 is 1.56 bits per heavy atom. The van der Waals surface area contributed by atoms with E-state index in [1.165, 1.54) is 6.07 Å². The lowest BCUT2D eigenvalue weighted by molar-refractivity contribution is 0.465. The molecule has 2 aromatic heterocycles. The SMILES string of the molecule is CCc1cnc2n1CCCc1c(O)cc(=O)[nH]c1-2. The van der Waals surface area contributed by atoms with E-state index >= 15 is 0 Å². The molecule has 1 aliphatic rings. The number of fused-ring (bicyclic) bond motifs is 3. The lowest BCUT2D eigenvalue weighted by Crippen LogP contribution is -2.09. The number of hydrogen-bond acceptors (Lipinski definition) is 3. The van der Waals surface area contributed by atoms with Gasteiger partial charge in [0, 0.05) is 30.1 Å². The predicted molar refractivity (Wildman–Crippen MR) is 67.6 cm³/mol. The van der Waals surface area contributed by atoms with E-state index in [1.54, 1.807) is 0 Å². The summed E-state index contributed by atoms with van der Waals surface area (Å²) in [5, 5.41) is 9.89. The smallest absolute Gasteiger partial charge is 0.252 e. The molecule has 0 saturated carbocycles. The van der Waals surface area contributed by atoms with E-state index in [9.17, 15) is 9.90 Å². The maximum absolute atomic E-state index is 11.5. The van der Waals surface area contributed by atoms with Crippen molar-refractivity contribution in [3.05, 3.63) is 33.9 Å². The second-order valence-electron chi connectivity index (χ2n) is 4.55. The summed E-state index contributed by atoms with van der Waals surface area (Å²) in [5.74, 6) is 0.829. The summed E-state index contributed by atoms with van der Waals surface area (Å²) in [6, 6.07) is 1.23. The minimum absolute atomic E-state index is 0.0725. The second kappa shape index (κ2) is 4.01. The number of hydrogen-bond donors (Lipinski definition) is 2. The first-order valence-electron chi connectivity index (χ1n) is 6.20. The maximum atomic E-state index is 11.5. The molecule has 0 amide bonds. The normalized spacial score (nSPS) is 13.8. The molecule has 0 radical (unpaired) electrons. The number of nitrogens with one attached hydrogen (secondary N) is 1. The van der Waals surface area contributed by atoms with Gasteiger partial charge in [0.1, 0.15) is 5.75 Å². The Hall–Kier alpha value is -2.04. The highest BCUT2D eigenvalue weighted by Gasteiger charge is 2.21. The molecule has 0 saturated heterocycles. The van der Waals surface area contributed by atoms with Crippen molar-refractivity contribution in [1.82, 2.24) is 14.5 Å². The number of aromatic hydroxyl groups is 1. The van der Waals surface area contributed by atoms with E-state index in [4.69, 9.17) is 0 Å². The average Bonchev–Trinajstić information content (AvgIpc) is 2.65. The molecule has 0 bridgehead atoms. The first kappa shape index (κ1) is 11.1. The van der Waals surface area contributed by atoms with E-state index in [2.05, 4.69) is 21.5 Å². The van der Waals surface area contributed by atoms with Crippen molar-refractivity contribution < 1.29 is 5.11 Å². The Morgan fingerprint density at radius 3 is 3.17 bits per heavy atom. The van der Waals surface area contributed by atoms with Crippen molar-refractivity contribution in [3.63, 3.8) is 0 Å². The first-order valence-corrected chi connectivity index (χ1v) is 6.20. The van der Waals surface area contributed by atoms with Gasteiger partial charge in [0.15, 0.2) is 5.82 Å². The van der Waals surface area contributed by atoms with E-state index < -0.39 is 0 Å². The Morgan fingerprint density at radius 2 is 2.39 bits per heavy atom. The summed E-state index contributed by atoms with van der Waals surface area (Å²) >= 11 is 0. The lowest BCUT2D eigenvalue weighted by atomic mass is 10.1. The monoisotopic (exact) mass is 245 g/mol. The van der Waals surface area contributed by atoms with Crippen LogP contribution in [0, 0.1) is 0 Å². The Balaban J connectivity index is 2.30. The third-order valence-corrected chi connectivity index (χ3v) is 3.46. The van der Waals surface area contributed by atoms with Crippen LogP contribution in [0.25, 0.3) is 11.5 Å². The Labute approximate surface area is 104 Å². The highest BCUT2D eigenvalue weighted by atomic mass is 16.3. The van der Waals surface area contributed by atoms with Gasteiger partial charge in [-0.25, -0.2) is 4.98 Å². The minimum Gasteiger partial charge on any atom is -0.507 e. The van der Waals surface area contributed by atoms with E-state index in [0.717, 1.165) is 42.9 Å². The third kappa shape index (κ3) is 1.54. The van der Waals surface area contributed by atoms with Crippen LogP contribution in [0.2, 0.25) is 0 Å². The number of H-pyrrole nitrogens is 1. The van der Waals surface area contributed by atoms with Crippen molar-refractivity contribution >= 4 is 0 Å². The van der Waals surface area contributed by atoms with Crippen molar-refractivity contribution in [1.29, 1.82) is 0 Å². The molecule has 5 nitrogen and oxygen atoms in total. The van der Waals surface area contributed by atoms with Gasteiger partial charge < -0.3 is 14.7 Å². The van der Waals surface area contributed by atoms with Gasteiger partial charge in [-0.1, -0.05) is 6.92 Å². The van der Waals surface area contributed by atoms with Gasteiger partial charge in [-0.2, -0.15) is 0 Å². The van der Waals surface area contributed by atoms with Crippen LogP contribution in [-0.4, -0.2) is 19.6 Å². The fraction of sp³-hybridized carbons (Fsp3) is 0.385. The van der Waals surface area contributed by atoms with Crippen LogP contribution in [0.3, 0.4) is 0 Å². The molecule has 0 fully saturated rings. The lowest BCUT2D eigenvalue weighted by Gasteiger charge is -2.08. The topological polar surface area (TPSA) is 70.9 Å². The fourth-order valence-corrected chi connectivity index (χ4v) is 2.57. The van der Waals surface area contributed by atoms with Gasteiger partial charge in [-0.3, -0.25) is 4.79 Å². The summed E-state index contributed by atoms with van der Waals surface area (Å²) in [6.45, 7) is 2.95. The highest BCUT2D eigenvalue weighted by molar-refractivity contribution is 5.60. The molecule has 3 rings (SSSR count). The number of nitrogens with zero attached hydrogens (tertiary/aromatic N) is 2. The molecule has 18 heavy (non-hydrogen) atoms. The number of aromatic nitrogens is 3. The van der Waals surface area contributed by atoms with Crippen LogP contribution in [0.4, 0.5) is 0 Å². The molecular weight excluding hydrogens is 230 g/mol. The van der Waals surface area contributed by atoms with Crippen molar-refractivity contribution in [3.8, 4) is 17.3 Å². The van der Waals surface area contributed by atoms with Gasteiger partial charge in [0.05, 0.1) is 5.69 Å². The molecule has 0 atom stereocenters. The molecule has 2 aromatic rings. The van der Waals surface area contributed by atoms with Crippen LogP contribution in [0.5, 0.6) is 5.75 Å². The van der Waals surface area contributed by atoms with E-state index in [1.807, 2.05) is 6.20 Å². The summed E-state index contributed by atoms with van der Waals surface area (Å²) in [6.07, 6.45) is 4.44. The number of pyridine rings is 1. The van der Waals surface area contributed by atoms with Crippen LogP contribution in [0.1, 0.15) is 24.6 Å². The molecule has 0 aliphatic carbocycles. The third-order valence-electron chi connectivity index (χ3n) is 3.46. The molecule has 94 valence electrons. The molecule has 1 aliphatic heterocycles. The fourth-order valence-electron chi connectivity index (χ4n) is 2.57. The molecule has 5 heteroatoms. The van der Waals surface area contributed by atoms with Gasteiger partial charge in [-0.05, 0) is 19.3 Å². The van der Waals surface area contributed by atoms with Crippen LogP contribution in [0.15, 0.2) is 17.1 Å². The average molecular weight is 245 g/mol. The zero-order valence-electron chi connectivity index (χ0n) is 10.2. The maximum Gasteiger partial charge on any atom is 0.252 e. The highest BCUT2D eigenvalue weighted by Crippen LogP contribution is 2.30. The van der Waals surface area contributed by atoms with Gasteiger partial charge >= 0.3 is 0 Å². The first-order chi connectivity index (χ1) is 8.70. The summed E-state index contributed by atoms with van der Waals surface area (Å²) in [4.78, 5) is 18.7. The molecule has 3 heterocycles. The number of rotatable bonds is 1. The molecule has 2 N–H and O–H groups in total. The summed E-state index contributed by atoms with van der Waals surface area (Å²) in [5.41, 5.74) is 2.32. The van der Waals surface area contributed by atoms with Crippen LogP contribution < -0.4 is 5.56 Å². The molecule has 0 aromatic carbocycles. The van der Waals surface area contributed by atoms with Gasteiger partial charge in [0.25, 0.3) is 5.56 Å². The predicted octanol–water partition coefficient (Wildman–Crippen LogP) is 1.45. The molecule has 0 unspecified atom stereocenters. The standard InChI is InChI=1S/C13H15N3O2/c1-2-8-7-14-13-12-9(4-3-5-16(8)13)10(17)6-11(18)15-12/h6-7H,2-5H2,1H3,(H2,15,17,18). The van der Waals surface area contributed by atoms with E-state index in [-0.39, 0.29) is 11.3 Å². The minimum atomic E-state index is -0.291. The van der Waals surface area contributed by atoms with Crippen molar-refractivity contribution in [2.75, 3.05) is 0 Å². The van der Waals surface area contributed by atoms with Crippen LogP contribution in [-0.2, 0) is 19.4 Å². The van der Waals surface area contributed by atoms with Crippen molar-refractivity contribution in [2.24, 2.45) is 0 Å². The second-order valence-corrected chi connectivity index (χ2v) is 4.55. The van der Waals surface area contributed by atoms with Gasteiger partial charge in [0.2, 0.25) is 0 Å². The molecule has 0 spiro atoms. The Bertz CT molecular complexity index is 655. The summed E-state index contributed by atoms with van der Waals surface area (Å²) in [7, 11) is 0. The quantitative estimate of drug-likeness (QED) is 0.798. The van der Waals surface area contributed by atoms with Gasteiger partial charge in [-0.15, -0.1) is 0 Å². The summed E-state index contributed by atoms with van der Waals surface area (Å²) < 4.78 is 2.13. The van der Waals surface area contributed by atoms with E-state index in [0.29, 0.717) is 5.69 Å². The number of imidazole rings is 1. The largest absolute Gasteiger partial charge is 0.507 e. The zero-order valence-corrected chi connectivity index (χ0v) is 10.2. The zero-order chi connectivity index (χ0) is 12.7. The molecular formula is C13H15N3O2.